The van der Waals surface area contributed by atoms with Crippen LogP contribution in [-0.4, -0.2) is 32.5 Å². The maximum absolute atomic E-state index is 12.4. The molecule has 0 spiro atoms. The van der Waals surface area contributed by atoms with Gasteiger partial charge in [0.1, 0.15) is 18.7 Å². The van der Waals surface area contributed by atoms with E-state index in [0.29, 0.717) is 23.5 Å². The Morgan fingerprint density at radius 3 is 2.17 bits per heavy atom. The van der Waals surface area contributed by atoms with Crippen molar-refractivity contribution in [3.63, 3.8) is 0 Å². The highest BCUT2D eigenvalue weighted by Crippen LogP contribution is 2.16. The molecule has 30 heavy (non-hydrogen) atoms. The van der Waals surface area contributed by atoms with Crippen LogP contribution in [0, 0.1) is 0 Å². The standard InChI is InChI=1S/C21H22N6O3/c1-14(27-13-22-12-24-27)20(29)25-18-7-9-19(10-8-18)26-21(30)17-5-3-16(4-6-17)11-23-15(2)28/h3-10,12-14H,11H2,1-2H3,(H,23,28)(H,25,29)(H,26,30). The second-order valence-electron chi connectivity index (χ2n) is 6.68. The minimum Gasteiger partial charge on any atom is -0.352 e. The smallest absolute Gasteiger partial charge is 0.255 e. The lowest BCUT2D eigenvalue weighted by molar-refractivity contribution is -0.119. The molecule has 154 valence electrons. The molecular weight excluding hydrogens is 384 g/mol. The summed E-state index contributed by atoms with van der Waals surface area (Å²) in [5.74, 6) is -0.585. The van der Waals surface area contributed by atoms with Crippen molar-refractivity contribution in [3.05, 3.63) is 72.3 Å². The Morgan fingerprint density at radius 2 is 1.60 bits per heavy atom. The summed E-state index contributed by atoms with van der Waals surface area (Å²) in [5.41, 5.74) is 2.61. The fourth-order valence-electron chi connectivity index (χ4n) is 2.62. The summed E-state index contributed by atoms with van der Waals surface area (Å²) in [6.45, 7) is 3.59. The van der Waals surface area contributed by atoms with E-state index in [9.17, 15) is 14.4 Å². The monoisotopic (exact) mass is 406 g/mol. The van der Waals surface area contributed by atoms with Gasteiger partial charge in [0, 0.05) is 30.4 Å². The summed E-state index contributed by atoms with van der Waals surface area (Å²) in [6, 6.07) is 13.3. The predicted octanol–water partition coefficient (Wildman–Crippen LogP) is 2.37. The average Bonchev–Trinajstić information content (AvgIpc) is 3.28. The number of anilines is 2. The fraction of sp³-hybridized carbons (Fsp3) is 0.190. The number of nitrogens with zero attached hydrogens (tertiary/aromatic N) is 3. The molecule has 9 nitrogen and oxygen atoms in total. The van der Waals surface area contributed by atoms with Gasteiger partial charge in [-0.15, -0.1) is 0 Å². The number of hydrogen-bond acceptors (Lipinski definition) is 5. The number of rotatable bonds is 7. The lowest BCUT2D eigenvalue weighted by Crippen LogP contribution is -2.24. The van der Waals surface area contributed by atoms with Gasteiger partial charge >= 0.3 is 0 Å². The Balaban J connectivity index is 1.55. The molecule has 3 N–H and O–H groups in total. The molecule has 0 aliphatic carbocycles. The van der Waals surface area contributed by atoms with Crippen LogP contribution in [0.3, 0.4) is 0 Å². The molecule has 0 saturated carbocycles. The third-order valence-corrected chi connectivity index (χ3v) is 4.38. The summed E-state index contributed by atoms with van der Waals surface area (Å²) in [5, 5.41) is 12.3. The molecule has 3 aromatic rings. The van der Waals surface area contributed by atoms with Gasteiger partial charge < -0.3 is 16.0 Å². The Bertz CT molecular complexity index is 1010. The lowest BCUT2D eigenvalue weighted by Gasteiger charge is -2.12. The first-order valence-electron chi connectivity index (χ1n) is 9.32. The first-order valence-corrected chi connectivity index (χ1v) is 9.32. The van der Waals surface area contributed by atoms with Gasteiger partial charge in [-0.25, -0.2) is 9.67 Å². The maximum atomic E-state index is 12.4. The average molecular weight is 406 g/mol. The van der Waals surface area contributed by atoms with Gasteiger partial charge in [0.25, 0.3) is 5.91 Å². The van der Waals surface area contributed by atoms with Crippen molar-refractivity contribution in [3.8, 4) is 0 Å². The van der Waals surface area contributed by atoms with Crippen LogP contribution >= 0.6 is 0 Å². The second kappa shape index (κ2) is 9.46. The zero-order valence-corrected chi connectivity index (χ0v) is 16.6. The van der Waals surface area contributed by atoms with Crippen LogP contribution in [0.2, 0.25) is 0 Å². The molecule has 0 aliphatic rings. The summed E-state index contributed by atoms with van der Waals surface area (Å²) in [6.07, 6.45) is 2.85. The van der Waals surface area contributed by atoms with Gasteiger partial charge in [-0.1, -0.05) is 12.1 Å². The van der Waals surface area contributed by atoms with Crippen LogP contribution in [0.4, 0.5) is 11.4 Å². The Hall–Kier alpha value is -4.01. The van der Waals surface area contributed by atoms with Crippen molar-refractivity contribution >= 4 is 29.1 Å². The zero-order chi connectivity index (χ0) is 21.5. The van der Waals surface area contributed by atoms with Crippen LogP contribution in [0.25, 0.3) is 0 Å². The molecule has 1 atom stereocenters. The number of carbonyl (C=O) groups is 3. The van der Waals surface area contributed by atoms with E-state index in [1.165, 1.54) is 24.3 Å². The number of amides is 3. The Morgan fingerprint density at radius 1 is 0.967 bits per heavy atom. The number of carbonyl (C=O) groups excluding carboxylic acids is 3. The van der Waals surface area contributed by atoms with Gasteiger partial charge in [-0.05, 0) is 48.9 Å². The largest absolute Gasteiger partial charge is 0.352 e. The maximum Gasteiger partial charge on any atom is 0.255 e. The van der Waals surface area contributed by atoms with Gasteiger partial charge in [-0.3, -0.25) is 14.4 Å². The highest BCUT2D eigenvalue weighted by atomic mass is 16.2. The van der Waals surface area contributed by atoms with Gasteiger partial charge in [-0.2, -0.15) is 5.10 Å². The SMILES string of the molecule is CC(=O)NCc1ccc(C(=O)Nc2ccc(NC(=O)C(C)n3cncn3)cc2)cc1. The van der Waals surface area contributed by atoms with E-state index in [0.717, 1.165) is 5.56 Å². The van der Waals surface area contributed by atoms with E-state index in [1.54, 1.807) is 55.5 Å². The highest BCUT2D eigenvalue weighted by Gasteiger charge is 2.15. The Labute approximate surface area is 173 Å². The van der Waals surface area contributed by atoms with Gasteiger partial charge in [0.15, 0.2) is 0 Å². The zero-order valence-electron chi connectivity index (χ0n) is 16.6. The van der Waals surface area contributed by atoms with Crippen LogP contribution in [0.15, 0.2) is 61.2 Å². The molecule has 9 heteroatoms. The Kier molecular flexibility index (Phi) is 6.53. The van der Waals surface area contributed by atoms with Crippen molar-refractivity contribution in [2.45, 2.75) is 26.4 Å². The first kappa shape index (κ1) is 20.7. The van der Waals surface area contributed by atoms with Crippen LogP contribution in [0.1, 0.15) is 35.8 Å². The molecule has 0 saturated heterocycles. The molecule has 0 bridgehead atoms. The molecule has 0 fully saturated rings. The minimum absolute atomic E-state index is 0.107. The van der Waals surface area contributed by atoms with Crippen molar-refractivity contribution in [2.75, 3.05) is 10.6 Å². The lowest BCUT2D eigenvalue weighted by atomic mass is 10.1. The van der Waals surface area contributed by atoms with E-state index in [1.807, 2.05) is 0 Å². The molecule has 1 heterocycles. The van der Waals surface area contributed by atoms with Gasteiger partial charge in [0.05, 0.1) is 0 Å². The van der Waals surface area contributed by atoms with Gasteiger partial charge in [0.2, 0.25) is 11.8 Å². The van der Waals surface area contributed by atoms with E-state index in [-0.39, 0.29) is 17.7 Å². The second-order valence-corrected chi connectivity index (χ2v) is 6.68. The molecule has 0 aliphatic heterocycles. The van der Waals surface area contributed by atoms with Crippen molar-refractivity contribution in [2.24, 2.45) is 0 Å². The molecule has 2 aromatic carbocycles. The van der Waals surface area contributed by atoms with Crippen molar-refractivity contribution in [1.29, 1.82) is 0 Å². The number of nitrogens with one attached hydrogen (secondary N) is 3. The van der Waals surface area contributed by atoms with E-state index in [2.05, 4.69) is 26.0 Å². The van der Waals surface area contributed by atoms with Crippen molar-refractivity contribution < 1.29 is 14.4 Å². The third kappa shape index (κ3) is 5.51. The molecule has 1 aromatic heterocycles. The predicted molar refractivity (Wildman–Crippen MR) is 112 cm³/mol. The normalized spacial score (nSPS) is 11.4. The van der Waals surface area contributed by atoms with E-state index in [4.69, 9.17) is 0 Å². The minimum atomic E-state index is -0.500. The summed E-state index contributed by atoms with van der Waals surface area (Å²) in [4.78, 5) is 39.5. The topological polar surface area (TPSA) is 118 Å². The summed E-state index contributed by atoms with van der Waals surface area (Å²) >= 11 is 0. The number of hydrogen-bond donors (Lipinski definition) is 3. The summed E-state index contributed by atoms with van der Waals surface area (Å²) in [7, 11) is 0. The molecule has 1 unspecified atom stereocenters. The molecule has 0 radical (unpaired) electrons. The first-order chi connectivity index (χ1) is 14.4. The number of benzene rings is 2. The van der Waals surface area contributed by atoms with Crippen LogP contribution < -0.4 is 16.0 Å². The summed E-state index contributed by atoms with van der Waals surface area (Å²) < 4.78 is 1.46. The van der Waals surface area contributed by atoms with E-state index >= 15 is 0 Å². The third-order valence-electron chi connectivity index (χ3n) is 4.38. The quantitative estimate of drug-likeness (QED) is 0.557. The van der Waals surface area contributed by atoms with Crippen LogP contribution in [0.5, 0.6) is 0 Å². The van der Waals surface area contributed by atoms with E-state index < -0.39 is 6.04 Å². The fourth-order valence-corrected chi connectivity index (χ4v) is 2.62. The van der Waals surface area contributed by atoms with Crippen LogP contribution in [-0.2, 0) is 16.1 Å². The molecule has 3 rings (SSSR count). The van der Waals surface area contributed by atoms with Crippen molar-refractivity contribution in [1.82, 2.24) is 20.1 Å². The highest BCUT2D eigenvalue weighted by molar-refractivity contribution is 6.04. The molecule has 3 amide bonds. The molecular formula is C21H22N6O3. The number of aromatic nitrogens is 3.